The summed E-state index contributed by atoms with van der Waals surface area (Å²) in [6.07, 6.45) is 8.03. The fourth-order valence-corrected chi connectivity index (χ4v) is 2.71. The van der Waals surface area contributed by atoms with Gasteiger partial charge in [-0.05, 0) is 48.4 Å². The molecular formula is C19H16N6O2. The summed E-state index contributed by atoms with van der Waals surface area (Å²) in [4.78, 5) is 33.5. The number of hydrogen-bond donors (Lipinski definition) is 1. The van der Waals surface area contributed by atoms with E-state index in [-0.39, 0.29) is 12.1 Å². The van der Waals surface area contributed by atoms with Crippen LogP contribution in [0.25, 0.3) is 11.5 Å². The standard InChI is InChI=1S/C19H16N6O2/c1-13-4-8-24-16(9-13)21-12-15(19(24)27)18(26)22-11-14-3-6-20-17(10-14)25-7-2-5-23-25/h2-10,12H,11H2,1H3,(H,22,26). The van der Waals surface area contributed by atoms with E-state index in [2.05, 4.69) is 20.4 Å². The number of carbonyl (C=O) groups excluding carboxylic acids is 1. The lowest BCUT2D eigenvalue weighted by atomic mass is 10.2. The van der Waals surface area contributed by atoms with Gasteiger partial charge in [-0.3, -0.25) is 14.0 Å². The van der Waals surface area contributed by atoms with Crippen LogP contribution >= 0.6 is 0 Å². The number of nitrogens with zero attached hydrogens (tertiary/aromatic N) is 5. The Kier molecular flexibility index (Phi) is 4.21. The molecule has 0 bridgehead atoms. The van der Waals surface area contributed by atoms with Crippen molar-refractivity contribution in [1.29, 1.82) is 0 Å². The first-order chi connectivity index (χ1) is 13.1. The number of hydrogen-bond acceptors (Lipinski definition) is 5. The van der Waals surface area contributed by atoms with E-state index in [1.165, 1.54) is 10.6 Å². The lowest BCUT2D eigenvalue weighted by Gasteiger charge is -2.08. The zero-order valence-corrected chi connectivity index (χ0v) is 14.5. The van der Waals surface area contributed by atoms with Gasteiger partial charge in [-0.15, -0.1) is 0 Å². The van der Waals surface area contributed by atoms with E-state index in [0.717, 1.165) is 11.1 Å². The number of rotatable bonds is 4. The van der Waals surface area contributed by atoms with Crippen molar-refractivity contribution in [2.24, 2.45) is 0 Å². The number of aryl methyl sites for hydroxylation is 1. The van der Waals surface area contributed by atoms with Gasteiger partial charge in [0.2, 0.25) is 0 Å². The molecule has 0 saturated carbocycles. The largest absolute Gasteiger partial charge is 0.348 e. The summed E-state index contributed by atoms with van der Waals surface area (Å²) in [5, 5.41) is 6.89. The Balaban J connectivity index is 1.54. The van der Waals surface area contributed by atoms with E-state index in [1.807, 2.05) is 13.0 Å². The quantitative estimate of drug-likeness (QED) is 0.595. The Hall–Kier alpha value is -3.81. The van der Waals surface area contributed by atoms with Crippen LogP contribution in [0.4, 0.5) is 0 Å². The smallest absolute Gasteiger partial charge is 0.270 e. The molecule has 0 aliphatic rings. The van der Waals surface area contributed by atoms with Crippen LogP contribution < -0.4 is 10.9 Å². The van der Waals surface area contributed by atoms with E-state index < -0.39 is 11.5 Å². The van der Waals surface area contributed by atoms with Gasteiger partial charge in [-0.25, -0.2) is 14.6 Å². The maximum Gasteiger partial charge on any atom is 0.270 e. The number of amides is 1. The first-order valence-corrected chi connectivity index (χ1v) is 8.33. The van der Waals surface area contributed by atoms with E-state index in [9.17, 15) is 9.59 Å². The molecule has 0 aliphatic carbocycles. The van der Waals surface area contributed by atoms with Crippen LogP contribution in [0.3, 0.4) is 0 Å². The minimum atomic E-state index is -0.472. The maximum atomic E-state index is 12.5. The molecule has 27 heavy (non-hydrogen) atoms. The van der Waals surface area contributed by atoms with Crippen LogP contribution in [-0.2, 0) is 6.54 Å². The summed E-state index contributed by atoms with van der Waals surface area (Å²) in [6.45, 7) is 2.17. The second-order valence-electron chi connectivity index (χ2n) is 6.06. The Bertz CT molecular complexity index is 1180. The van der Waals surface area contributed by atoms with Crippen molar-refractivity contribution in [3.63, 3.8) is 0 Å². The van der Waals surface area contributed by atoms with Gasteiger partial charge in [0, 0.05) is 37.5 Å². The predicted octanol–water partition coefficient (Wildman–Crippen LogP) is 1.51. The van der Waals surface area contributed by atoms with Crippen LogP contribution in [0, 0.1) is 6.92 Å². The predicted molar refractivity (Wildman–Crippen MR) is 98.7 cm³/mol. The van der Waals surface area contributed by atoms with Crippen molar-refractivity contribution in [1.82, 2.24) is 29.5 Å². The van der Waals surface area contributed by atoms with E-state index in [1.54, 1.807) is 53.7 Å². The molecule has 134 valence electrons. The van der Waals surface area contributed by atoms with Crippen molar-refractivity contribution in [2.45, 2.75) is 13.5 Å². The number of nitrogens with one attached hydrogen (secondary N) is 1. The van der Waals surface area contributed by atoms with E-state index in [4.69, 9.17) is 0 Å². The molecule has 1 amide bonds. The molecule has 0 fully saturated rings. The molecule has 0 atom stereocenters. The Morgan fingerprint density at radius 1 is 1.15 bits per heavy atom. The summed E-state index contributed by atoms with van der Waals surface area (Å²) in [6, 6.07) is 9.00. The molecule has 0 spiro atoms. The number of fused-ring (bicyclic) bond motifs is 1. The molecule has 0 saturated heterocycles. The highest BCUT2D eigenvalue weighted by Crippen LogP contribution is 2.07. The molecule has 0 aliphatic heterocycles. The SMILES string of the molecule is Cc1ccn2c(=O)c(C(=O)NCc3ccnc(-n4cccn4)c3)cnc2c1. The summed E-state index contributed by atoms with van der Waals surface area (Å²) in [5.41, 5.74) is 1.94. The number of carbonyl (C=O) groups is 1. The third kappa shape index (κ3) is 3.32. The second-order valence-corrected chi connectivity index (χ2v) is 6.06. The average molecular weight is 360 g/mol. The fourth-order valence-electron chi connectivity index (χ4n) is 2.71. The zero-order chi connectivity index (χ0) is 18.8. The summed E-state index contributed by atoms with van der Waals surface area (Å²) >= 11 is 0. The monoisotopic (exact) mass is 360 g/mol. The number of aromatic nitrogens is 5. The van der Waals surface area contributed by atoms with Crippen molar-refractivity contribution < 1.29 is 4.79 Å². The van der Waals surface area contributed by atoms with Crippen LogP contribution in [-0.4, -0.2) is 30.1 Å². The summed E-state index contributed by atoms with van der Waals surface area (Å²) in [5.74, 6) is 0.175. The van der Waals surface area contributed by atoms with E-state index >= 15 is 0 Å². The van der Waals surface area contributed by atoms with Crippen molar-refractivity contribution in [3.8, 4) is 5.82 Å². The highest BCUT2D eigenvalue weighted by Gasteiger charge is 2.13. The molecule has 4 heterocycles. The molecule has 0 radical (unpaired) electrons. The third-order valence-corrected chi connectivity index (χ3v) is 4.11. The molecule has 1 N–H and O–H groups in total. The van der Waals surface area contributed by atoms with Gasteiger partial charge < -0.3 is 5.32 Å². The lowest BCUT2D eigenvalue weighted by molar-refractivity contribution is 0.0949. The lowest BCUT2D eigenvalue weighted by Crippen LogP contribution is -2.31. The minimum absolute atomic E-state index is 0.00212. The molecule has 0 aromatic carbocycles. The van der Waals surface area contributed by atoms with Crippen molar-refractivity contribution >= 4 is 11.6 Å². The van der Waals surface area contributed by atoms with E-state index in [0.29, 0.717) is 11.5 Å². The zero-order valence-electron chi connectivity index (χ0n) is 14.5. The summed E-state index contributed by atoms with van der Waals surface area (Å²) < 4.78 is 3.00. The maximum absolute atomic E-state index is 12.5. The van der Waals surface area contributed by atoms with Gasteiger partial charge in [-0.2, -0.15) is 5.10 Å². The first kappa shape index (κ1) is 16.6. The van der Waals surface area contributed by atoms with Gasteiger partial charge in [-0.1, -0.05) is 0 Å². The Morgan fingerprint density at radius 3 is 2.85 bits per heavy atom. The van der Waals surface area contributed by atoms with Crippen LogP contribution in [0.2, 0.25) is 0 Å². The third-order valence-electron chi connectivity index (χ3n) is 4.11. The van der Waals surface area contributed by atoms with Gasteiger partial charge in [0.1, 0.15) is 11.2 Å². The van der Waals surface area contributed by atoms with Crippen molar-refractivity contribution in [2.75, 3.05) is 0 Å². The summed E-state index contributed by atoms with van der Waals surface area (Å²) in [7, 11) is 0. The van der Waals surface area contributed by atoms with Crippen molar-refractivity contribution in [3.05, 3.63) is 88.4 Å². The van der Waals surface area contributed by atoms with Gasteiger partial charge in [0.15, 0.2) is 5.82 Å². The first-order valence-electron chi connectivity index (χ1n) is 8.33. The fraction of sp³-hybridized carbons (Fsp3) is 0.105. The van der Waals surface area contributed by atoms with Crippen LogP contribution in [0.1, 0.15) is 21.5 Å². The van der Waals surface area contributed by atoms with Gasteiger partial charge in [0.05, 0.1) is 0 Å². The molecular weight excluding hydrogens is 344 g/mol. The highest BCUT2D eigenvalue weighted by atomic mass is 16.2. The molecule has 0 unspecified atom stereocenters. The van der Waals surface area contributed by atoms with Gasteiger partial charge in [0.25, 0.3) is 11.5 Å². The topological polar surface area (TPSA) is 94.2 Å². The normalized spacial score (nSPS) is 10.9. The average Bonchev–Trinajstić information content (AvgIpc) is 3.21. The van der Waals surface area contributed by atoms with Gasteiger partial charge >= 0.3 is 0 Å². The molecule has 4 rings (SSSR count). The molecule has 8 heteroatoms. The van der Waals surface area contributed by atoms with Crippen LogP contribution in [0.5, 0.6) is 0 Å². The Labute approximate surface area is 154 Å². The molecule has 4 aromatic rings. The molecule has 8 nitrogen and oxygen atoms in total. The van der Waals surface area contributed by atoms with Crippen LogP contribution in [0.15, 0.2) is 66.1 Å². The number of pyridine rings is 2. The highest BCUT2D eigenvalue weighted by molar-refractivity contribution is 5.93. The molecule has 4 aromatic heterocycles. The second kappa shape index (κ2) is 6.83. The Morgan fingerprint density at radius 2 is 2.04 bits per heavy atom. The minimum Gasteiger partial charge on any atom is -0.348 e.